The third kappa shape index (κ3) is 1.82. The number of nitrogens with zero attached hydrogens (tertiary/aromatic N) is 3. The van der Waals surface area contributed by atoms with E-state index >= 15 is 0 Å². The van der Waals surface area contributed by atoms with Crippen LogP contribution in [0.25, 0.3) is 11.0 Å². The maximum atomic E-state index is 4.31. The van der Waals surface area contributed by atoms with Crippen molar-refractivity contribution in [1.29, 1.82) is 0 Å². The van der Waals surface area contributed by atoms with Gasteiger partial charge in [-0.2, -0.15) is 0 Å². The van der Waals surface area contributed by atoms with Crippen LogP contribution in [0.2, 0.25) is 0 Å². The smallest absolute Gasteiger partial charge is 0.141 e. The van der Waals surface area contributed by atoms with Crippen LogP contribution < -0.4 is 0 Å². The third-order valence-electron chi connectivity index (χ3n) is 3.81. The molecule has 0 saturated heterocycles. The second-order valence-electron chi connectivity index (χ2n) is 5.08. The molecule has 1 N–H and O–H groups in total. The summed E-state index contributed by atoms with van der Waals surface area (Å²) in [7, 11) is 4.34. The zero-order chi connectivity index (χ0) is 11.8. The van der Waals surface area contributed by atoms with Gasteiger partial charge in [0.05, 0.1) is 0 Å². The maximum Gasteiger partial charge on any atom is 0.141 e. The van der Waals surface area contributed by atoms with Gasteiger partial charge in [-0.25, -0.2) is 9.97 Å². The molecule has 1 aliphatic rings. The fraction of sp³-hybridized carbons (Fsp3) is 0.538. The van der Waals surface area contributed by atoms with Gasteiger partial charge in [0.2, 0.25) is 0 Å². The van der Waals surface area contributed by atoms with Crippen LogP contribution in [0.15, 0.2) is 12.5 Å². The highest BCUT2D eigenvalue weighted by Gasteiger charge is 2.22. The van der Waals surface area contributed by atoms with E-state index in [0.717, 1.165) is 18.5 Å². The van der Waals surface area contributed by atoms with Gasteiger partial charge >= 0.3 is 0 Å². The molecule has 2 aromatic rings. The molecule has 0 bridgehead atoms. The van der Waals surface area contributed by atoms with Crippen molar-refractivity contribution in [3.63, 3.8) is 0 Å². The summed E-state index contributed by atoms with van der Waals surface area (Å²) in [6.45, 7) is 0. The number of H-pyrrole nitrogens is 1. The lowest BCUT2D eigenvalue weighted by Gasteiger charge is -2.22. The number of nitrogens with one attached hydrogen (secondary N) is 1. The average molecular weight is 230 g/mol. The molecule has 0 aliphatic heterocycles. The van der Waals surface area contributed by atoms with Gasteiger partial charge in [0, 0.05) is 23.3 Å². The van der Waals surface area contributed by atoms with Gasteiger partial charge in [0.1, 0.15) is 12.0 Å². The van der Waals surface area contributed by atoms with Gasteiger partial charge in [-0.3, -0.25) is 0 Å². The lowest BCUT2D eigenvalue weighted by Crippen LogP contribution is -2.29. The minimum Gasteiger partial charge on any atom is -0.343 e. The molecule has 17 heavy (non-hydrogen) atoms. The number of hydrogen-bond acceptors (Lipinski definition) is 3. The first-order valence-electron chi connectivity index (χ1n) is 6.21. The number of aromatic nitrogens is 3. The number of aromatic amines is 1. The fourth-order valence-electron chi connectivity index (χ4n) is 2.77. The number of aryl methyl sites for hydroxylation is 1. The summed E-state index contributed by atoms with van der Waals surface area (Å²) in [6.07, 6.45) is 8.31. The van der Waals surface area contributed by atoms with Crippen molar-refractivity contribution in [3.05, 3.63) is 23.8 Å². The maximum absolute atomic E-state index is 4.31. The van der Waals surface area contributed by atoms with E-state index in [9.17, 15) is 0 Å². The Kier molecular flexibility index (Phi) is 2.59. The molecule has 0 aromatic carbocycles. The predicted molar refractivity (Wildman–Crippen MR) is 68.0 cm³/mol. The molecular formula is C13H18N4. The van der Waals surface area contributed by atoms with E-state index < -0.39 is 0 Å². The van der Waals surface area contributed by atoms with Crippen molar-refractivity contribution < 1.29 is 0 Å². The highest BCUT2D eigenvalue weighted by Crippen LogP contribution is 2.28. The highest BCUT2D eigenvalue weighted by atomic mass is 15.1. The summed E-state index contributed by atoms with van der Waals surface area (Å²) in [5, 5.41) is 1.20. The molecule has 2 aromatic heterocycles. The van der Waals surface area contributed by atoms with Crippen LogP contribution in [-0.4, -0.2) is 40.0 Å². The number of hydrogen-bond donors (Lipinski definition) is 1. The second-order valence-corrected chi connectivity index (χ2v) is 5.08. The Balaban J connectivity index is 2.08. The van der Waals surface area contributed by atoms with E-state index in [4.69, 9.17) is 0 Å². The Morgan fingerprint density at radius 1 is 1.41 bits per heavy atom. The van der Waals surface area contributed by atoms with Crippen molar-refractivity contribution in [2.24, 2.45) is 0 Å². The van der Waals surface area contributed by atoms with E-state index in [0.29, 0.717) is 6.04 Å². The van der Waals surface area contributed by atoms with Crippen LogP contribution in [0.5, 0.6) is 0 Å². The van der Waals surface area contributed by atoms with E-state index in [1.807, 2.05) is 6.20 Å². The van der Waals surface area contributed by atoms with Crippen LogP contribution in [0.1, 0.15) is 24.1 Å². The third-order valence-corrected chi connectivity index (χ3v) is 3.81. The van der Waals surface area contributed by atoms with Crippen LogP contribution in [0.3, 0.4) is 0 Å². The van der Waals surface area contributed by atoms with Crippen molar-refractivity contribution in [2.45, 2.75) is 31.7 Å². The average Bonchev–Trinajstić information content (AvgIpc) is 2.53. The Labute approximate surface area is 101 Å². The van der Waals surface area contributed by atoms with E-state index in [2.05, 4.69) is 33.9 Å². The first-order chi connectivity index (χ1) is 8.25. The first-order valence-corrected chi connectivity index (χ1v) is 6.21. The van der Waals surface area contributed by atoms with E-state index in [1.165, 1.54) is 29.5 Å². The summed E-state index contributed by atoms with van der Waals surface area (Å²) in [5.41, 5.74) is 3.78. The monoisotopic (exact) mass is 230 g/mol. The molecule has 2 heterocycles. The standard InChI is InChI=1S/C13H18N4/c1-17(2)9-4-3-5-12-10(6-9)11-7-14-8-15-13(11)16-12/h7-9H,3-6H2,1-2H3,(H,14,15,16)/t9-/m0/s1. The largest absolute Gasteiger partial charge is 0.343 e. The van der Waals surface area contributed by atoms with Gasteiger partial charge in [0.15, 0.2) is 0 Å². The van der Waals surface area contributed by atoms with Crippen LogP contribution in [0.4, 0.5) is 0 Å². The number of fused-ring (bicyclic) bond motifs is 3. The topological polar surface area (TPSA) is 44.8 Å². The molecule has 0 amide bonds. The SMILES string of the molecule is CN(C)[C@H]1CCCc2[nH]c3ncncc3c2C1. The molecule has 0 spiro atoms. The molecule has 0 unspecified atom stereocenters. The lowest BCUT2D eigenvalue weighted by atomic mass is 10.0. The molecule has 90 valence electrons. The van der Waals surface area contributed by atoms with Gasteiger partial charge < -0.3 is 9.88 Å². The second kappa shape index (κ2) is 4.11. The summed E-state index contributed by atoms with van der Waals surface area (Å²) < 4.78 is 0. The van der Waals surface area contributed by atoms with Crippen molar-refractivity contribution in [2.75, 3.05) is 14.1 Å². The normalized spacial score (nSPS) is 20.5. The Morgan fingerprint density at radius 3 is 3.12 bits per heavy atom. The number of rotatable bonds is 1. The number of likely N-dealkylation sites (N-methyl/N-ethyl adjacent to an activating group) is 1. The minimum absolute atomic E-state index is 0.635. The van der Waals surface area contributed by atoms with E-state index in [1.54, 1.807) is 6.33 Å². The lowest BCUT2D eigenvalue weighted by molar-refractivity contribution is 0.277. The predicted octanol–water partition coefficient (Wildman–Crippen LogP) is 1.77. The van der Waals surface area contributed by atoms with Gasteiger partial charge in [0.25, 0.3) is 0 Å². The minimum atomic E-state index is 0.635. The molecule has 3 rings (SSSR count). The summed E-state index contributed by atoms with van der Waals surface area (Å²) in [6, 6.07) is 0.635. The zero-order valence-electron chi connectivity index (χ0n) is 10.4. The van der Waals surface area contributed by atoms with Crippen molar-refractivity contribution in [1.82, 2.24) is 19.9 Å². The van der Waals surface area contributed by atoms with Gasteiger partial charge in [-0.1, -0.05) is 0 Å². The molecule has 4 nitrogen and oxygen atoms in total. The molecule has 0 fully saturated rings. The summed E-state index contributed by atoms with van der Waals surface area (Å²) >= 11 is 0. The molecule has 1 aliphatic carbocycles. The Hall–Kier alpha value is -1.42. The van der Waals surface area contributed by atoms with Crippen molar-refractivity contribution in [3.8, 4) is 0 Å². The first kappa shape index (κ1) is 10.7. The Bertz CT molecular complexity index is 529. The zero-order valence-corrected chi connectivity index (χ0v) is 10.4. The molecule has 0 saturated carbocycles. The Morgan fingerprint density at radius 2 is 2.29 bits per heavy atom. The fourth-order valence-corrected chi connectivity index (χ4v) is 2.77. The summed E-state index contributed by atoms with van der Waals surface area (Å²) in [4.78, 5) is 14.2. The van der Waals surface area contributed by atoms with Crippen LogP contribution in [-0.2, 0) is 12.8 Å². The van der Waals surface area contributed by atoms with Crippen molar-refractivity contribution >= 4 is 11.0 Å². The highest BCUT2D eigenvalue weighted by molar-refractivity contribution is 5.80. The van der Waals surface area contributed by atoms with Gasteiger partial charge in [-0.05, 0) is 45.3 Å². The quantitative estimate of drug-likeness (QED) is 0.759. The molecular weight excluding hydrogens is 212 g/mol. The molecule has 4 heteroatoms. The molecule has 0 radical (unpaired) electrons. The van der Waals surface area contributed by atoms with Crippen LogP contribution >= 0.6 is 0 Å². The summed E-state index contributed by atoms with van der Waals surface area (Å²) in [5.74, 6) is 0. The van der Waals surface area contributed by atoms with Gasteiger partial charge in [-0.15, -0.1) is 0 Å². The van der Waals surface area contributed by atoms with E-state index in [-0.39, 0.29) is 0 Å². The van der Waals surface area contributed by atoms with Crippen LogP contribution in [0, 0.1) is 0 Å². The molecule has 1 atom stereocenters.